The molecule has 1 aliphatic heterocycles. The smallest absolute Gasteiger partial charge is 0.269 e. The molecule has 38 heavy (non-hydrogen) atoms. The number of rotatable bonds is 8. The molecule has 5 rings (SSSR count). The Labute approximate surface area is 222 Å². The summed E-state index contributed by atoms with van der Waals surface area (Å²) >= 11 is 0. The normalized spacial score (nSPS) is 15.6. The van der Waals surface area contributed by atoms with E-state index in [1.54, 1.807) is 16.8 Å². The Morgan fingerprint density at radius 2 is 1.66 bits per heavy atom. The largest absolute Gasteiger partial charge is 0.297 e. The van der Waals surface area contributed by atoms with Gasteiger partial charge in [-0.15, -0.1) is 5.10 Å². The second-order valence-corrected chi connectivity index (χ2v) is 9.59. The highest BCUT2D eigenvalue weighted by atomic mass is 16.6. The highest BCUT2D eigenvalue weighted by Gasteiger charge is 2.32. The van der Waals surface area contributed by atoms with E-state index in [-0.39, 0.29) is 16.7 Å². The molecule has 1 saturated heterocycles. The van der Waals surface area contributed by atoms with E-state index in [4.69, 9.17) is 0 Å². The van der Waals surface area contributed by atoms with Gasteiger partial charge in [0, 0.05) is 44.9 Å². The van der Waals surface area contributed by atoms with E-state index < -0.39 is 0 Å². The zero-order chi connectivity index (χ0) is 26.5. The van der Waals surface area contributed by atoms with Crippen LogP contribution in [0.1, 0.15) is 34.1 Å². The lowest BCUT2D eigenvalue weighted by Crippen LogP contribution is -2.48. The molecule has 0 unspecified atom stereocenters. The van der Waals surface area contributed by atoms with E-state index in [0.29, 0.717) is 5.82 Å². The molecule has 2 heterocycles. The summed E-state index contributed by atoms with van der Waals surface area (Å²) < 4.78 is 1.79. The van der Waals surface area contributed by atoms with Crippen LogP contribution < -0.4 is 0 Å². The number of nitrogens with zero attached hydrogens (tertiary/aromatic N) is 7. The first kappa shape index (κ1) is 25.4. The first-order valence-electron chi connectivity index (χ1n) is 12.8. The first-order valence-corrected chi connectivity index (χ1v) is 12.8. The van der Waals surface area contributed by atoms with Crippen LogP contribution in [-0.4, -0.2) is 67.7 Å². The van der Waals surface area contributed by atoms with Crippen LogP contribution in [0.25, 0.3) is 11.8 Å². The minimum Gasteiger partial charge on any atom is -0.297 e. The topological polar surface area (TPSA) is 93.2 Å². The molecule has 0 aliphatic carbocycles. The molecule has 0 bridgehead atoms. The maximum absolute atomic E-state index is 11.6. The van der Waals surface area contributed by atoms with E-state index in [9.17, 15) is 10.1 Å². The third-order valence-corrected chi connectivity index (χ3v) is 7.03. The summed E-state index contributed by atoms with van der Waals surface area (Å²) in [5.41, 5.74) is 5.11. The SMILES string of the molecule is Cc1cccc(C)c1-n1nnnc1[C@H](c1cccc([N+](=O)[O-])c1)N1CCN(CC=Cc2ccccc2)CC1. The van der Waals surface area contributed by atoms with Crippen molar-refractivity contribution in [3.05, 3.63) is 117 Å². The summed E-state index contributed by atoms with van der Waals surface area (Å²) in [5, 5.41) is 24.5. The van der Waals surface area contributed by atoms with Crippen molar-refractivity contribution in [2.75, 3.05) is 32.7 Å². The van der Waals surface area contributed by atoms with Gasteiger partial charge in [-0.2, -0.15) is 4.68 Å². The van der Waals surface area contributed by atoms with Crippen molar-refractivity contribution in [1.82, 2.24) is 30.0 Å². The number of nitro groups is 1. The van der Waals surface area contributed by atoms with Crippen LogP contribution in [0.3, 0.4) is 0 Å². The van der Waals surface area contributed by atoms with Crippen LogP contribution in [0.4, 0.5) is 5.69 Å². The summed E-state index contributed by atoms with van der Waals surface area (Å²) in [5.74, 6) is 0.653. The standard InChI is InChI=1S/C29H31N7O2/c1-22-9-6-10-23(2)27(22)35-29(30-31-32-35)28(25-14-7-15-26(21-25)36(37)38)34-19-17-33(18-20-34)16-8-13-24-11-4-3-5-12-24/h3-15,21,28H,16-20H2,1-2H3/t28-/m0/s1. The summed E-state index contributed by atoms with van der Waals surface area (Å²) in [4.78, 5) is 16.0. The lowest BCUT2D eigenvalue weighted by Gasteiger charge is -2.38. The van der Waals surface area contributed by atoms with Crippen molar-refractivity contribution in [2.45, 2.75) is 19.9 Å². The number of benzene rings is 3. The lowest BCUT2D eigenvalue weighted by molar-refractivity contribution is -0.384. The highest BCUT2D eigenvalue weighted by Crippen LogP contribution is 2.32. The average molecular weight is 510 g/mol. The van der Waals surface area contributed by atoms with Crippen LogP contribution in [0, 0.1) is 24.0 Å². The fraction of sp³-hybridized carbons (Fsp3) is 0.276. The molecular weight excluding hydrogens is 478 g/mol. The fourth-order valence-corrected chi connectivity index (χ4v) is 5.10. The molecule has 1 fully saturated rings. The summed E-state index contributed by atoms with van der Waals surface area (Å²) in [6.07, 6.45) is 4.35. The Balaban J connectivity index is 1.43. The van der Waals surface area contributed by atoms with Crippen molar-refractivity contribution >= 4 is 11.8 Å². The van der Waals surface area contributed by atoms with Crippen molar-refractivity contribution < 1.29 is 4.92 Å². The van der Waals surface area contributed by atoms with E-state index >= 15 is 0 Å². The summed E-state index contributed by atoms with van der Waals surface area (Å²) in [7, 11) is 0. The molecular formula is C29H31N7O2. The van der Waals surface area contributed by atoms with Gasteiger partial charge < -0.3 is 0 Å². The highest BCUT2D eigenvalue weighted by molar-refractivity contribution is 5.49. The molecule has 0 saturated carbocycles. The van der Waals surface area contributed by atoms with E-state index in [2.05, 4.69) is 49.6 Å². The zero-order valence-electron chi connectivity index (χ0n) is 21.6. The van der Waals surface area contributed by atoms with Gasteiger partial charge in [0.25, 0.3) is 5.69 Å². The quantitative estimate of drug-likeness (QED) is 0.253. The van der Waals surface area contributed by atoms with Crippen LogP contribution in [0.2, 0.25) is 0 Å². The van der Waals surface area contributed by atoms with Gasteiger partial charge >= 0.3 is 0 Å². The number of aromatic nitrogens is 4. The number of nitro benzene ring substituents is 1. The van der Waals surface area contributed by atoms with Gasteiger partial charge in [0.2, 0.25) is 0 Å². The minimum atomic E-state index is -0.355. The van der Waals surface area contributed by atoms with Crippen molar-refractivity contribution in [1.29, 1.82) is 0 Å². The van der Waals surface area contributed by atoms with Crippen LogP contribution in [0.15, 0.2) is 78.9 Å². The summed E-state index contributed by atoms with van der Waals surface area (Å²) in [6.45, 7) is 8.25. The second kappa shape index (κ2) is 11.5. The van der Waals surface area contributed by atoms with Gasteiger partial charge in [0.1, 0.15) is 0 Å². The number of piperazine rings is 1. The molecule has 4 aromatic rings. The first-order chi connectivity index (χ1) is 18.5. The molecule has 194 valence electrons. The molecule has 0 N–H and O–H groups in total. The van der Waals surface area contributed by atoms with Crippen LogP contribution >= 0.6 is 0 Å². The molecule has 0 amide bonds. The maximum Gasteiger partial charge on any atom is 0.269 e. The third kappa shape index (κ3) is 5.53. The Morgan fingerprint density at radius 3 is 2.37 bits per heavy atom. The average Bonchev–Trinajstić information content (AvgIpc) is 3.39. The van der Waals surface area contributed by atoms with Gasteiger partial charge in [0.15, 0.2) is 5.82 Å². The monoisotopic (exact) mass is 509 g/mol. The van der Waals surface area contributed by atoms with Crippen molar-refractivity contribution in [3.63, 3.8) is 0 Å². The molecule has 3 aromatic carbocycles. The molecule has 1 atom stereocenters. The van der Waals surface area contributed by atoms with E-state index in [0.717, 1.165) is 55.1 Å². The number of tetrazole rings is 1. The van der Waals surface area contributed by atoms with Gasteiger partial charge in [-0.05, 0) is 46.5 Å². The molecule has 0 radical (unpaired) electrons. The van der Waals surface area contributed by atoms with Crippen molar-refractivity contribution in [2.24, 2.45) is 0 Å². The van der Waals surface area contributed by atoms with Gasteiger partial charge in [-0.25, -0.2) is 0 Å². The molecule has 1 aromatic heterocycles. The Kier molecular flexibility index (Phi) is 7.67. The van der Waals surface area contributed by atoms with Crippen LogP contribution in [0.5, 0.6) is 0 Å². The van der Waals surface area contributed by atoms with Crippen molar-refractivity contribution in [3.8, 4) is 5.69 Å². The summed E-state index contributed by atoms with van der Waals surface area (Å²) in [6, 6.07) is 22.9. The van der Waals surface area contributed by atoms with Crippen LogP contribution in [-0.2, 0) is 0 Å². The molecule has 0 spiro atoms. The number of non-ortho nitro benzene ring substituents is 1. The molecule has 1 aliphatic rings. The number of hydrogen-bond acceptors (Lipinski definition) is 7. The predicted octanol–water partition coefficient (Wildman–Crippen LogP) is 4.61. The third-order valence-electron chi connectivity index (χ3n) is 7.03. The van der Waals surface area contributed by atoms with E-state index in [1.165, 1.54) is 11.6 Å². The number of aryl methyl sites for hydroxylation is 2. The lowest BCUT2D eigenvalue weighted by atomic mass is 10.0. The fourth-order valence-electron chi connectivity index (χ4n) is 5.10. The Morgan fingerprint density at radius 1 is 0.947 bits per heavy atom. The predicted molar refractivity (Wildman–Crippen MR) is 147 cm³/mol. The minimum absolute atomic E-state index is 0.0586. The Hall–Kier alpha value is -4.21. The second-order valence-electron chi connectivity index (χ2n) is 9.59. The van der Waals surface area contributed by atoms with Gasteiger partial charge in [-0.3, -0.25) is 19.9 Å². The maximum atomic E-state index is 11.6. The Bertz CT molecular complexity index is 1410. The molecule has 9 nitrogen and oxygen atoms in total. The zero-order valence-corrected chi connectivity index (χ0v) is 21.6. The van der Waals surface area contributed by atoms with Gasteiger partial charge in [-0.1, -0.05) is 72.8 Å². The molecule has 9 heteroatoms. The number of para-hydroxylation sites is 1. The number of hydrogen-bond donors (Lipinski definition) is 0. The van der Waals surface area contributed by atoms with Gasteiger partial charge in [0.05, 0.1) is 16.7 Å². The van der Waals surface area contributed by atoms with E-state index in [1.807, 2.05) is 56.3 Å².